The lowest BCUT2D eigenvalue weighted by Crippen LogP contribution is -2.17. The molecule has 17 heavy (non-hydrogen) atoms. The molecule has 0 radical (unpaired) electrons. The Morgan fingerprint density at radius 1 is 1.41 bits per heavy atom. The van der Waals surface area contributed by atoms with Gasteiger partial charge < -0.3 is 15.3 Å². The molecule has 0 saturated carbocycles. The highest BCUT2D eigenvalue weighted by Crippen LogP contribution is 2.20. The van der Waals surface area contributed by atoms with Gasteiger partial charge in [0.2, 0.25) is 5.91 Å². The summed E-state index contributed by atoms with van der Waals surface area (Å²) in [6.07, 6.45) is 1.32. The van der Waals surface area contributed by atoms with Crippen LogP contribution in [0.2, 0.25) is 0 Å². The Morgan fingerprint density at radius 3 is 2.76 bits per heavy atom. The fourth-order valence-corrected chi connectivity index (χ4v) is 1.51. The molecule has 0 atom stereocenters. The standard InChI is InChI=1S/C13H20N2O2/c1-10-6-7-11(16)9-12(10)14-13(17)5-4-8-15(2)3/h6-7,9,16H,4-5,8H2,1-3H3,(H,14,17). The summed E-state index contributed by atoms with van der Waals surface area (Å²) in [5.74, 6) is 0.153. The number of aromatic hydroxyl groups is 1. The Hall–Kier alpha value is -1.55. The van der Waals surface area contributed by atoms with E-state index in [0.29, 0.717) is 12.1 Å². The highest BCUT2D eigenvalue weighted by Gasteiger charge is 2.05. The maximum atomic E-state index is 11.6. The summed E-state index contributed by atoms with van der Waals surface area (Å²) in [6, 6.07) is 4.96. The molecule has 0 aliphatic heterocycles. The Balaban J connectivity index is 2.47. The molecule has 94 valence electrons. The van der Waals surface area contributed by atoms with Gasteiger partial charge in [-0.25, -0.2) is 0 Å². The smallest absolute Gasteiger partial charge is 0.224 e. The number of rotatable bonds is 5. The van der Waals surface area contributed by atoms with Crippen LogP contribution in [0.5, 0.6) is 5.75 Å². The van der Waals surface area contributed by atoms with Crippen molar-refractivity contribution in [3.05, 3.63) is 23.8 Å². The summed E-state index contributed by atoms with van der Waals surface area (Å²) in [5, 5.41) is 12.1. The summed E-state index contributed by atoms with van der Waals surface area (Å²) in [4.78, 5) is 13.7. The number of benzene rings is 1. The summed E-state index contributed by atoms with van der Waals surface area (Å²) in [7, 11) is 3.97. The molecule has 0 unspecified atom stereocenters. The number of nitrogens with one attached hydrogen (secondary N) is 1. The second kappa shape index (κ2) is 6.25. The van der Waals surface area contributed by atoms with Gasteiger partial charge in [0.25, 0.3) is 0 Å². The van der Waals surface area contributed by atoms with Crippen molar-refractivity contribution in [2.45, 2.75) is 19.8 Å². The van der Waals surface area contributed by atoms with E-state index in [9.17, 15) is 9.90 Å². The summed E-state index contributed by atoms with van der Waals surface area (Å²) in [5.41, 5.74) is 1.63. The second-order valence-corrected chi connectivity index (χ2v) is 4.45. The van der Waals surface area contributed by atoms with Gasteiger partial charge in [0.1, 0.15) is 5.75 Å². The van der Waals surface area contributed by atoms with E-state index >= 15 is 0 Å². The highest BCUT2D eigenvalue weighted by molar-refractivity contribution is 5.91. The molecule has 0 fully saturated rings. The first-order valence-electron chi connectivity index (χ1n) is 5.73. The molecule has 0 bridgehead atoms. The summed E-state index contributed by atoms with van der Waals surface area (Å²) < 4.78 is 0. The highest BCUT2D eigenvalue weighted by atomic mass is 16.3. The molecule has 0 saturated heterocycles. The molecule has 0 aliphatic carbocycles. The predicted molar refractivity (Wildman–Crippen MR) is 69.3 cm³/mol. The van der Waals surface area contributed by atoms with Crippen molar-refractivity contribution in [2.24, 2.45) is 0 Å². The van der Waals surface area contributed by atoms with Crippen molar-refractivity contribution in [3.8, 4) is 5.75 Å². The number of phenolic OH excluding ortho intramolecular Hbond substituents is 1. The van der Waals surface area contributed by atoms with Crippen LogP contribution in [0.15, 0.2) is 18.2 Å². The van der Waals surface area contributed by atoms with E-state index in [1.165, 1.54) is 0 Å². The Bertz CT molecular complexity index is 389. The van der Waals surface area contributed by atoms with E-state index in [0.717, 1.165) is 18.5 Å². The van der Waals surface area contributed by atoms with Crippen molar-refractivity contribution >= 4 is 11.6 Å². The van der Waals surface area contributed by atoms with Crippen molar-refractivity contribution < 1.29 is 9.90 Å². The zero-order chi connectivity index (χ0) is 12.8. The van der Waals surface area contributed by atoms with Crippen LogP contribution in [0.3, 0.4) is 0 Å². The minimum Gasteiger partial charge on any atom is -0.508 e. The predicted octanol–water partition coefficient (Wildman–Crippen LogP) is 1.98. The van der Waals surface area contributed by atoms with E-state index < -0.39 is 0 Å². The number of hydrogen-bond donors (Lipinski definition) is 2. The van der Waals surface area contributed by atoms with Crippen LogP contribution in [0, 0.1) is 6.92 Å². The third-order valence-electron chi connectivity index (χ3n) is 2.50. The van der Waals surface area contributed by atoms with E-state index in [1.807, 2.05) is 25.9 Å². The van der Waals surface area contributed by atoms with Gasteiger partial charge in [-0.1, -0.05) is 6.07 Å². The second-order valence-electron chi connectivity index (χ2n) is 4.45. The SMILES string of the molecule is Cc1ccc(O)cc1NC(=O)CCCN(C)C. The molecule has 4 nitrogen and oxygen atoms in total. The van der Waals surface area contributed by atoms with E-state index in [-0.39, 0.29) is 11.7 Å². The minimum absolute atomic E-state index is 0.0134. The molecule has 0 aromatic heterocycles. The Kier molecular flexibility index (Phi) is 4.97. The van der Waals surface area contributed by atoms with E-state index in [2.05, 4.69) is 5.32 Å². The summed E-state index contributed by atoms with van der Waals surface area (Å²) in [6.45, 7) is 2.79. The maximum Gasteiger partial charge on any atom is 0.224 e. The van der Waals surface area contributed by atoms with Crippen molar-refractivity contribution in [3.63, 3.8) is 0 Å². The number of carbonyl (C=O) groups excluding carboxylic acids is 1. The molecule has 0 aliphatic rings. The molecule has 0 heterocycles. The van der Waals surface area contributed by atoms with Crippen LogP contribution < -0.4 is 5.32 Å². The third kappa shape index (κ3) is 4.87. The molecular formula is C13H20N2O2. The Labute approximate surface area is 102 Å². The fourth-order valence-electron chi connectivity index (χ4n) is 1.51. The number of aryl methyl sites for hydroxylation is 1. The van der Waals surface area contributed by atoms with Crippen molar-refractivity contribution in [1.29, 1.82) is 0 Å². The molecule has 1 rings (SSSR count). The van der Waals surface area contributed by atoms with Crippen LogP contribution in [0.25, 0.3) is 0 Å². The minimum atomic E-state index is -0.0134. The maximum absolute atomic E-state index is 11.6. The number of nitrogens with zero attached hydrogens (tertiary/aromatic N) is 1. The van der Waals surface area contributed by atoms with Gasteiger partial charge in [0.15, 0.2) is 0 Å². The zero-order valence-electron chi connectivity index (χ0n) is 10.7. The average Bonchev–Trinajstić information content (AvgIpc) is 2.23. The molecular weight excluding hydrogens is 216 g/mol. The topological polar surface area (TPSA) is 52.6 Å². The quantitative estimate of drug-likeness (QED) is 0.822. The number of anilines is 1. The van der Waals surface area contributed by atoms with Gasteiger partial charge in [-0.15, -0.1) is 0 Å². The van der Waals surface area contributed by atoms with Crippen LogP contribution in [-0.2, 0) is 4.79 Å². The largest absolute Gasteiger partial charge is 0.508 e. The normalized spacial score (nSPS) is 10.6. The van der Waals surface area contributed by atoms with E-state index in [4.69, 9.17) is 0 Å². The molecule has 2 N–H and O–H groups in total. The van der Waals surface area contributed by atoms with Crippen LogP contribution in [-0.4, -0.2) is 36.6 Å². The number of carbonyl (C=O) groups is 1. The average molecular weight is 236 g/mol. The van der Waals surface area contributed by atoms with Gasteiger partial charge in [0.05, 0.1) is 0 Å². The van der Waals surface area contributed by atoms with Gasteiger partial charge in [-0.3, -0.25) is 4.79 Å². The van der Waals surface area contributed by atoms with Gasteiger partial charge in [-0.2, -0.15) is 0 Å². The van der Waals surface area contributed by atoms with Crippen molar-refractivity contribution in [2.75, 3.05) is 26.0 Å². The van der Waals surface area contributed by atoms with Gasteiger partial charge in [0, 0.05) is 18.2 Å². The zero-order valence-corrected chi connectivity index (χ0v) is 10.7. The number of amides is 1. The number of hydrogen-bond acceptors (Lipinski definition) is 3. The van der Waals surface area contributed by atoms with Crippen LogP contribution >= 0.6 is 0 Å². The fraction of sp³-hybridized carbons (Fsp3) is 0.462. The van der Waals surface area contributed by atoms with Crippen molar-refractivity contribution in [1.82, 2.24) is 4.90 Å². The lowest BCUT2D eigenvalue weighted by Gasteiger charge is -2.10. The van der Waals surface area contributed by atoms with Gasteiger partial charge in [-0.05, 0) is 45.6 Å². The lowest BCUT2D eigenvalue weighted by molar-refractivity contribution is -0.116. The van der Waals surface area contributed by atoms with Gasteiger partial charge >= 0.3 is 0 Å². The van der Waals surface area contributed by atoms with Crippen LogP contribution in [0.1, 0.15) is 18.4 Å². The Morgan fingerprint density at radius 2 is 2.12 bits per heavy atom. The molecule has 0 spiro atoms. The molecule has 1 amide bonds. The monoisotopic (exact) mass is 236 g/mol. The number of phenols is 1. The first-order chi connectivity index (χ1) is 7.99. The molecule has 1 aromatic carbocycles. The molecule has 4 heteroatoms. The van der Waals surface area contributed by atoms with E-state index in [1.54, 1.807) is 18.2 Å². The molecule has 1 aromatic rings. The third-order valence-corrected chi connectivity index (χ3v) is 2.50. The van der Waals surface area contributed by atoms with Crippen LogP contribution in [0.4, 0.5) is 5.69 Å². The summed E-state index contributed by atoms with van der Waals surface area (Å²) >= 11 is 0. The first-order valence-corrected chi connectivity index (χ1v) is 5.73. The first kappa shape index (κ1) is 13.5. The lowest BCUT2D eigenvalue weighted by atomic mass is 10.2.